The van der Waals surface area contributed by atoms with Gasteiger partial charge in [0.2, 0.25) is 0 Å². The van der Waals surface area contributed by atoms with Gasteiger partial charge in [0.15, 0.2) is 5.75 Å². The molecule has 0 bridgehead atoms. The zero-order valence-corrected chi connectivity index (χ0v) is 11.3. The van der Waals surface area contributed by atoms with E-state index in [2.05, 4.69) is 9.47 Å². The molecule has 1 aromatic carbocycles. The fourth-order valence-electron chi connectivity index (χ4n) is 1.35. The van der Waals surface area contributed by atoms with Crippen LogP contribution < -0.4 is 4.74 Å². The Hall–Kier alpha value is -2.09. The minimum atomic E-state index is -5.34. The number of benzene rings is 1. The summed E-state index contributed by atoms with van der Waals surface area (Å²) in [6, 6.07) is 2.62. The van der Waals surface area contributed by atoms with Gasteiger partial charge in [0.05, 0.1) is 23.6 Å². The lowest BCUT2D eigenvalue weighted by atomic mass is 10.1. The van der Waals surface area contributed by atoms with Crippen molar-refractivity contribution in [1.82, 2.24) is 0 Å². The van der Waals surface area contributed by atoms with Gasteiger partial charge in [-0.15, -0.1) is 13.2 Å². The van der Waals surface area contributed by atoms with Crippen molar-refractivity contribution in [3.8, 4) is 11.8 Å². The van der Waals surface area contributed by atoms with E-state index in [0.717, 1.165) is 7.11 Å². The summed E-state index contributed by atoms with van der Waals surface area (Å²) in [6.45, 7) is 0. The number of thioether (sulfide) groups is 1. The average molecular weight is 345 g/mol. The van der Waals surface area contributed by atoms with Gasteiger partial charge in [-0.3, -0.25) is 0 Å². The second-order valence-corrected chi connectivity index (χ2v) is 4.66. The summed E-state index contributed by atoms with van der Waals surface area (Å²) in [4.78, 5) is 10.4. The molecular weight excluding hydrogens is 340 g/mol. The fraction of sp³-hybridized carbons (Fsp3) is 0.273. The minimum absolute atomic E-state index is 0.457. The standard InChI is InChI=1S/C11H5F6NO3S/c1-20-9(19)6-2-5(4-18)3-7(22-11(15,16)17)8(6)21-10(12,13)14/h2-3H,1H3. The second kappa shape index (κ2) is 6.35. The highest BCUT2D eigenvalue weighted by atomic mass is 32.2. The number of hydrogen-bond acceptors (Lipinski definition) is 5. The van der Waals surface area contributed by atoms with Crippen molar-refractivity contribution in [2.75, 3.05) is 7.11 Å². The molecule has 0 saturated carbocycles. The summed E-state index contributed by atoms with van der Waals surface area (Å²) < 4.78 is 82.0. The van der Waals surface area contributed by atoms with E-state index in [1.54, 1.807) is 0 Å². The number of ether oxygens (including phenoxy) is 2. The predicted molar refractivity (Wildman–Crippen MR) is 61.1 cm³/mol. The summed E-state index contributed by atoms with van der Waals surface area (Å²) in [7, 11) is 0.815. The van der Waals surface area contributed by atoms with Crippen LogP contribution in [0.5, 0.6) is 5.75 Å². The average Bonchev–Trinajstić information content (AvgIpc) is 2.36. The number of methoxy groups -OCH3 is 1. The van der Waals surface area contributed by atoms with Crippen LogP contribution in [0.2, 0.25) is 0 Å². The number of carbonyl (C=O) groups excluding carboxylic acids is 1. The van der Waals surface area contributed by atoms with E-state index in [1.165, 1.54) is 6.07 Å². The third kappa shape index (κ3) is 5.03. The highest BCUT2D eigenvalue weighted by molar-refractivity contribution is 8.00. The molecule has 11 heteroatoms. The second-order valence-electron chi connectivity index (χ2n) is 3.55. The molecule has 0 N–H and O–H groups in total. The number of hydrogen-bond donors (Lipinski definition) is 0. The molecule has 0 radical (unpaired) electrons. The normalized spacial score (nSPS) is 11.7. The Labute approximate surface area is 123 Å². The molecule has 1 rings (SSSR count). The van der Waals surface area contributed by atoms with E-state index in [-0.39, 0.29) is 0 Å². The van der Waals surface area contributed by atoms with Gasteiger partial charge < -0.3 is 9.47 Å². The van der Waals surface area contributed by atoms with Gasteiger partial charge in [-0.25, -0.2) is 4.79 Å². The molecule has 4 nitrogen and oxygen atoms in total. The van der Waals surface area contributed by atoms with Crippen molar-refractivity contribution in [2.24, 2.45) is 0 Å². The molecule has 0 aliphatic carbocycles. The Balaban J connectivity index is 3.56. The Kier molecular flexibility index (Phi) is 5.18. The van der Waals surface area contributed by atoms with Crippen molar-refractivity contribution in [1.29, 1.82) is 5.26 Å². The molecule has 0 aliphatic rings. The minimum Gasteiger partial charge on any atom is -0.465 e. The molecule has 0 saturated heterocycles. The van der Waals surface area contributed by atoms with Crippen molar-refractivity contribution >= 4 is 17.7 Å². The van der Waals surface area contributed by atoms with Crippen LogP contribution in [0.25, 0.3) is 0 Å². The van der Waals surface area contributed by atoms with Crippen LogP contribution in [0.15, 0.2) is 17.0 Å². The molecule has 1 aromatic rings. The Morgan fingerprint density at radius 3 is 2.23 bits per heavy atom. The first-order valence-corrected chi connectivity index (χ1v) is 5.96. The third-order valence-corrected chi connectivity index (χ3v) is 2.79. The quantitative estimate of drug-likeness (QED) is 0.473. The lowest BCUT2D eigenvalue weighted by Gasteiger charge is -2.17. The molecule has 120 valence electrons. The molecule has 0 spiro atoms. The number of alkyl halides is 6. The highest BCUT2D eigenvalue weighted by Crippen LogP contribution is 2.45. The van der Waals surface area contributed by atoms with Gasteiger partial charge in [-0.05, 0) is 23.9 Å². The van der Waals surface area contributed by atoms with Crippen LogP contribution in [0.1, 0.15) is 15.9 Å². The van der Waals surface area contributed by atoms with E-state index in [9.17, 15) is 31.1 Å². The summed E-state index contributed by atoms with van der Waals surface area (Å²) in [5, 5.41) is 8.71. The van der Waals surface area contributed by atoms with Crippen molar-refractivity contribution in [3.05, 3.63) is 23.3 Å². The molecule has 0 fully saturated rings. The molecule has 0 aliphatic heterocycles. The SMILES string of the molecule is COC(=O)c1cc(C#N)cc(SC(F)(F)F)c1OC(F)(F)F. The Morgan fingerprint density at radius 1 is 1.23 bits per heavy atom. The number of esters is 1. The summed E-state index contributed by atoms with van der Waals surface area (Å²) in [6.07, 6.45) is -5.34. The van der Waals surface area contributed by atoms with Gasteiger partial charge in [0, 0.05) is 0 Å². The monoisotopic (exact) mass is 345 g/mol. The zero-order chi connectivity index (χ0) is 17.1. The number of nitrogens with zero attached hydrogens (tertiary/aromatic N) is 1. The number of rotatable bonds is 3. The topological polar surface area (TPSA) is 59.3 Å². The molecule has 22 heavy (non-hydrogen) atoms. The van der Waals surface area contributed by atoms with E-state index < -0.39 is 51.4 Å². The maximum atomic E-state index is 12.4. The van der Waals surface area contributed by atoms with Crippen molar-refractivity contribution in [3.63, 3.8) is 0 Å². The molecular formula is C11H5F6NO3S. The van der Waals surface area contributed by atoms with Crippen LogP contribution in [0, 0.1) is 11.3 Å². The van der Waals surface area contributed by atoms with Crippen LogP contribution >= 0.6 is 11.8 Å². The van der Waals surface area contributed by atoms with E-state index in [0.29, 0.717) is 12.1 Å². The molecule has 0 atom stereocenters. The van der Waals surface area contributed by atoms with Crippen molar-refractivity contribution in [2.45, 2.75) is 16.8 Å². The van der Waals surface area contributed by atoms with Crippen LogP contribution in [0.4, 0.5) is 26.3 Å². The number of nitriles is 1. The van der Waals surface area contributed by atoms with Gasteiger partial charge in [0.1, 0.15) is 5.56 Å². The van der Waals surface area contributed by atoms with Crippen LogP contribution in [-0.4, -0.2) is 24.9 Å². The Bertz CT molecular complexity index is 620. The van der Waals surface area contributed by atoms with E-state index in [4.69, 9.17) is 5.26 Å². The smallest absolute Gasteiger partial charge is 0.465 e. The van der Waals surface area contributed by atoms with Crippen molar-refractivity contribution < 1.29 is 40.6 Å². The fourth-order valence-corrected chi connectivity index (χ4v) is 2.03. The van der Waals surface area contributed by atoms with E-state index in [1.807, 2.05) is 0 Å². The molecule has 0 unspecified atom stereocenters. The summed E-state index contributed by atoms with van der Waals surface area (Å²) in [5.41, 5.74) is -6.35. The van der Waals surface area contributed by atoms with E-state index >= 15 is 0 Å². The molecule has 0 heterocycles. The highest BCUT2D eigenvalue weighted by Gasteiger charge is 2.38. The van der Waals surface area contributed by atoms with Crippen LogP contribution in [-0.2, 0) is 4.74 Å². The van der Waals surface area contributed by atoms with Gasteiger partial charge in [-0.2, -0.15) is 18.4 Å². The maximum Gasteiger partial charge on any atom is 0.573 e. The zero-order valence-electron chi connectivity index (χ0n) is 10.5. The van der Waals surface area contributed by atoms with Gasteiger partial charge in [0.25, 0.3) is 0 Å². The molecule has 0 amide bonds. The number of carbonyl (C=O) groups is 1. The first-order valence-electron chi connectivity index (χ1n) is 5.15. The first kappa shape index (κ1) is 18.0. The first-order chi connectivity index (χ1) is 9.96. The van der Waals surface area contributed by atoms with Gasteiger partial charge >= 0.3 is 17.8 Å². The maximum absolute atomic E-state index is 12.4. The number of halogens is 6. The summed E-state index contributed by atoms with van der Waals surface area (Å²) in [5.74, 6) is -2.75. The van der Waals surface area contributed by atoms with Crippen LogP contribution in [0.3, 0.4) is 0 Å². The molecule has 0 aromatic heterocycles. The lowest BCUT2D eigenvalue weighted by molar-refractivity contribution is -0.275. The third-order valence-electron chi connectivity index (χ3n) is 2.03. The lowest BCUT2D eigenvalue weighted by Crippen LogP contribution is -2.20. The predicted octanol–water partition coefficient (Wildman–Crippen LogP) is 3.86. The summed E-state index contributed by atoms with van der Waals surface area (Å²) >= 11 is -0.944. The van der Waals surface area contributed by atoms with Gasteiger partial charge in [-0.1, -0.05) is 0 Å². The Morgan fingerprint density at radius 2 is 1.82 bits per heavy atom. The largest absolute Gasteiger partial charge is 0.573 e.